The Bertz CT molecular complexity index is 206. The van der Waals surface area contributed by atoms with Crippen molar-refractivity contribution in [2.45, 2.75) is 12.7 Å². The zero-order chi connectivity index (χ0) is 6.85. The molecule has 3 nitrogen and oxygen atoms in total. The predicted molar refractivity (Wildman–Crippen MR) is 37.0 cm³/mol. The van der Waals surface area contributed by atoms with Crippen LogP contribution in [0.25, 0.3) is 0 Å². The molecule has 0 unspecified atom stereocenters. The Balaban J connectivity index is 3.04. The Kier molecular flexibility index (Phi) is 1.88. The molecular formula is C5H9N3Se. The van der Waals surface area contributed by atoms with Crippen molar-refractivity contribution in [3.8, 4) is 0 Å². The van der Waals surface area contributed by atoms with Crippen molar-refractivity contribution in [2.24, 2.45) is 7.05 Å². The van der Waals surface area contributed by atoms with E-state index in [0.717, 1.165) is 10.5 Å². The molecule has 1 aromatic rings. The van der Waals surface area contributed by atoms with Crippen LogP contribution in [0.2, 0.25) is 5.82 Å². The molecule has 9 heavy (non-hydrogen) atoms. The number of rotatable bonds is 1. The summed E-state index contributed by atoms with van der Waals surface area (Å²) in [6.07, 6.45) is 0. The molecule has 0 aliphatic heterocycles. The Labute approximate surface area is 60.6 Å². The standard InChI is InChI=1S/C5H9N3Se/c1-4-6-7-5(9-3)8(4)2/h1-3H3. The van der Waals surface area contributed by atoms with Crippen molar-refractivity contribution in [3.05, 3.63) is 5.82 Å². The summed E-state index contributed by atoms with van der Waals surface area (Å²) < 4.78 is 3.14. The first-order valence-corrected chi connectivity index (χ1v) is 5.22. The van der Waals surface area contributed by atoms with Gasteiger partial charge >= 0.3 is 60.1 Å². The molecule has 4 heteroatoms. The average molecular weight is 190 g/mol. The van der Waals surface area contributed by atoms with Crippen molar-refractivity contribution in [1.82, 2.24) is 14.8 Å². The van der Waals surface area contributed by atoms with E-state index in [1.807, 2.05) is 18.5 Å². The van der Waals surface area contributed by atoms with Crippen LogP contribution in [0.3, 0.4) is 0 Å². The number of aromatic nitrogens is 3. The van der Waals surface area contributed by atoms with E-state index in [9.17, 15) is 0 Å². The molecule has 1 rings (SSSR count). The van der Waals surface area contributed by atoms with Crippen LogP contribution < -0.4 is 4.72 Å². The molecule has 0 saturated heterocycles. The Hall–Kier alpha value is -0.341. The fourth-order valence-electron chi connectivity index (χ4n) is 0.565. The Morgan fingerprint density at radius 1 is 1.44 bits per heavy atom. The van der Waals surface area contributed by atoms with Gasteiger partial charge in [0.15, 0.2) is 0 Å². The number of hydrogen-bond donors (Lipinski definition) is 0. The van der Waals surface area contributed by atoms with Gasteiger partial charge in [-0.3, -0.25) is 0 Å². The summed E-state index contributed by atoms with van der Waals surface area (Å²) in [5.41, 5.74) is 0. The Morgan fingerprint density at radius 2 is 2.11 bits per heavy atom. The van der Waals surface area contributed by atoms with E-state index in [1.54, 1.807) is 0 Å². The molecule has 0 fully saturated rings. The predicted octanol–water partition coefficient (Wildman–Crippen LogP) is -0.499. The van der Waals surface area contributed by atoms with Crippen LogP contribution >= 0.6 is 0 Å². The van der Waals surface area contributed by atoms with Crippen molar-refractivity contribution >= 4 is 19.7 Å². The fraction of sp³-hybridized carbons (Fsp3) is 0.600. The third-order valence-corrected chi connectivity index (χ3v) is 2.75. The van der Waals surface area contributed by atoms with Gasteiger partial charge in [0.1, 0.15) is 0 Å². The molecule has 0 aliphatic carbocycles. The topological polar surface area (TPSA) is 30.7 Å². The minimum atomic E-state index is 0.468. The quantitative estimate of drug-likeness (QED) is 0.559. The van der Waals surface area contributed by atoms with Crippen molar-refractivity contribution < 1.29 is 0 Å². The summed E-state index contributed by atoms with van der Waals surface area (Å²) >= 11 is 0.468. The minimum absolute atomic E-state index is 0.468. The summed E-state index contributed by atoms with van der Waals surface area (Å²) in [5, 5.41) is 7.89. The second kappa shape index (κ2) is 2.50. The van der Waals surface area contributed by atoms with Gasteiger partial charge in [0.05, 0.1) is 0 Å². The molecule has 0 radical (unpaired) electrons. The van der Waals surface area contributed by atoms with Gasteiger partial charge in [0.2, 0.25) is 0 Å². The average Bonchev–Trinajstić information content (AvgIpc) is 2.15. The second-order valence-electron chi connectivity index (χ2n) is 1.79. The first-order chi connectivity index (χ1) is 4.25. The van der Waals surface area contributed by atoms with E-state index in [-0.39, 0.29) is 0 Å². The normalized spacial score (nSPS) is 10.1. The molecule has 0 spiro atoms. The SMILES string of the molecule is C[Se]c1nnc(C)n1C. The summed E-state index contributed by atoms with van der Waals surface area (Å²) in [6, 6.07) is 0. The third kappa shape index (κ3) is 1.14. The van der Waals surface area contributed by atoms with Crippen molar-refractivity contribution in [2.75, 3.05) is 0 Å². The van der Waals surface area contributed by atoms with Crippen LogP contribution in [0.4, 0.5) is 0 Å². The van der Waals surface area contributed by atoms with E-state index in [1.165, 1.54) is 0 Å². The molecule has 0 amide bonds. The molecule has 1 aromatic heterocycles. The van der Waals surface area contributed by atoms with Crippen LogP contribution in [-0.2, 0) is 7.05 Å². The first kappa shape index (κ1) is 6.77. The summed E-state index contributed by atoms with van der Waals surface area (Å²) in [4.78, 5) is 0. The van der Waals surface area contributed by atoms with Crippen LogP contribution in [-0.4, -0.2) is 29.7 Å². The van der Waals surface area contributed by atoms with Gasteiger partial charge in [0.25, 0.3) is 0 Å². The van der Waals surface area contributed by atoms with E-state index >= 15 is 0 Å². The van der Waals surface area contributed by atoms with Crippen LogP contribution in [0.5, 0.6) is 0 Å². The number of aryl methyl sites for hydroxylation is 1. The molecule has 1 heterocycles. The molecular weight excluding hydrogens is 181 g/mol. The van der Waals surface area contributed by atoms with Gasteiger partial charge in [-0.25, -0.2) is 0 Å². The van der Waals surface area contributed by atoms with Gasteiger partial charge in [-0.2, -0.15) is 0 Å². The van der Waals surface area contributed by atoms with Gasteiger partial charge in [-0.05, 0) is 0 Å². The molecule has 0 aliphatic rings. The molecule has 0 N–H and O–H groups in total. The zero-order valence-electron chi connectivity index (χ0n) is 5.75. The van der Waals surface area contributed by atoms with Crippen LogP contribution in [0.15, 0.2) is 0 Å². The van der Waals surface area contributed by atoms with Gasteiger partial charge in [0, 0.05) is 0 Å². The number of hydrogen-bond acceptors (Lipinski definition) is 2. The fourth-order valence-corrected chi connectivity index (χ4v) is 1.67. The monoisotopic (exact) mass is 191 g/mol. The second-order valence-corrected chi connectivity index (χ2v) is 3.42. The van der Waals surface area contributed by atoms with E-state index in [2.05, 4.69) is 16.0 Å². The van der Waals surface area contributed by atoms with Crippen molar-refractivity contribution in [1.29, 1.82) is 0 Å². The van der Waals surface area contributed by atoms with Crippen LogP contribution in [0.1, 0.15) is 5.82 Å². The van der Waals surface area contributed by atoms with E-state index in [0.29, 0.717) is 15.0 Å². The molecule has 0 aromatic carbocycles. The summed E-state index contributed by atoms with van der Waals surface area (Å²) in [6.45, 7) is 1.96. The zero-order valence-corrected chi connectivity index (χ0v) is 7.46. The maximum absolute atomic E-state index is 3.97. The molecule has 0 atom stereocenters. The van der Waals surface area contributed by atoms with Crippen molar-refractivity contribution in [3.63, 3.8) is 0 Å². The van der Waals surface area contributed by atoms with E-state index in [4.69, 9.17) is 0 Å². The molecule has 0 saturated carbocycles. The number of nitrogens with zero attached hydrogens (tertiary/aromatic N) is 3. The maximum atomic E-state index is 3.97. The third-order valence-electron chi connectivity index (χ3n) is 1.24. The summed E-state index contributed by atoms with van der Waals surface area (Å²) in [5.74, 6) is 3.13. The van der Waals surface area contributed by atoms with Gasteiger partial charge < -0.3 is 0 Å². The molecule has 50 valence electrons. The van der Waals surface area contributed by atoms with Crippen LogP contribution in [0, 0.1) is 6.92 Å². The Morgan fingerprint density at radius 3 is 2.33 bits per heavy atom. The first-order valence-electron chi connectivity index (χ1n) is 2.65. The summed E-state index contributed by atoms with van der Waals surface area (Å²) in [7, 11) is 2.00. The molecule has 0 bridgehead atoms. The van der Waals surface area contributed by atoms with Gasteiger partial charge in [-0.1, -0.05) is 0 Å². The van der Waals surface area contributed by atoms with Gasteiger partial charge in [-0.15, -0.1) is 0 Å². The van der Waals surface area contributed by atoms with E-state index < -0.39 is 0 Å².